The lowest BCUT2D eigenvalue weighted by atomic mass is 10.0. The lowest BCUT2D eigenvalue weighted by Gasteiger charge is -2.15. The van der Waals surface area contributed by atoms with Crippen LogP contribution in [0, 0.1) is 0 Å². The molecule has 1 amide bonds. The molecule has 1 aromatic heterocycles. The van der Waals surface area contributed by atoms with Crippen LogP contribution in [0.15, 0.2) is 65.8 Å². The van der Waals surface area contributed by atoms with Gasteiger partial charge in [-0.2, -0.15) is 0 Å². The van der Waals surface area contributed by atoms with E-state index < -0.39 is 18.5 Å². The number of nitrogens with one attached hydrogen (secondary N) is 1. The number of halogens is 1. The summed E-state index contributed by atoms with van der Waals surface area (Å²) >= 11 is 5.87. The molecular weight excluding hydrogens is 484 g/mol. The quantitative estimate of drug-likeness (QED) is 0.425. The average Bonchev–Trinajstić information content (AvgIpc) is 3.30. The van der Waals surface area contributed by atoms with Crippen LogP contribution in [0.5, 0.6) is 5.75 Å². The first kappa shape index (κ1) is 24.9. The van der Waals surface area contributed by atoms with Crippen molar-refractivity contribution in [2.24, 2.45) is 4.99 Å². The topological polar surface area (TPSA) is 121 Å². The largest absolute Gasteiger partial charge is 0.482 e. The summed E-state index contributed by atoms with van der Waals surface area (Å²) in [6, 6.07) is 14.7. The number of benzene rings is 2. The zero-order chi connectivity index (χ0) is 25.7. The van der Waals surface area contributed by atoms with E-state index in [2.05, 4.69) is 20.2 Å². The van der Waals surface area contributed by atoms with Crippen molar-refractivity contribution in [3.8, 4) is 5.75 Å². The maximum absolute atomic E-state index is 13.1. The van der Waals surface area contributed by atoms with Crippen molar-refractivity contribution in [2.75, 3.05) is 32.1 Å². The van der Waals surface area contributed by atoms with E-state index in [1.54, 1.807) is 24.3 Å². The third-order valence-electron chi connectivity index (χ3n) is 5.50. The molecule has 3 aromatic rings. The van der Waals surface area contributed by atoms with E-state index in [0.717, 1.165) is 24.5 Å². The Morgan fingerprint density at radius 2 is 1.89 bits per heavy atom. The number of amidine groups is 1. The molecule has 9 nitrogen and oxygen atoms in total. The minimum absolute atomic E-state index is 0.0489. The average molecular weight is 507 g/mol. The third-order valence-corrected chi connectivity index (χ3v) is 5.72. The predicted octanol–water partition coefficient (Wildman–Crippen LogP) is 3.57. The first-order chi connectivity index (χ1) is 17.3. The highest BCUT2D eigenvalue weighted by Gasteiger charge is 2.19. The van der Waals surface area contributed by atoms with E-state index in [4.69, 9.17) is 21.4 Å². The van der Waals surface area contributed by atoms with E-state index in [1.807, 2.05) is 19.2 Å². The number of amides is 1. The van der Waals surface area contributed by atoms with Gasteiger partial charge < -0.3 is 20.1 Å². The Labute approximate surface area is 212 Å². The molecule has 1 aliphatic rings. The van der Waals surface area contributed by atoms with Crippen molar-refractivity contribution in [1.29, 1.82) is 0 Å². The molecule has 0 atom stereocenters. The first-order valence-electron chi connectivity index (χ1n) is 11.1. The Bertz CT molecular complexity index is 1320. The van der Waals surface area contributed by atoms with Gasteiger partial charge in [0, 0.05) is 42.2 Å². The Hall–Kier alpha value is -4.24. The molecule has 36 heavy (non-hydrogen) atoms. The van der Waals surface area contributed by atoms with Crippen molar-refractivity contribution in [3.05, 3.63) is 88.2 Å². The summed E-state index contributed by atoms with van der Waals surface area (Å²) in [4.78, 5) is 47.7. The molecule has 2 aromatic carbocycles. The first-order valence-corrected chi connectivity index (χ1v) is 11.5. The molecule has 0 fully saturated rings. The van der Waals surface area contributed by atoms with Crippen molar-refractivity contribution < 1.29 is 24.2 Å². The van der Waals surface area contributed by atoms with Crippen LogP contribution in [0.2, 0.25) is 5.02 Å². The molecule has 0 saturated carbocycles. The van der Waals surface area contributed by atoms with Gasteiger partial charge in [0.05, 0.1) is 23.7 Å². The van der Waals surface area contributed by atoms with E-state index in [-0.39, 0.29) is 29.2 Å². The number of rotatable bonds is 9. The highest BCUT2D eigenvalue weighted by atomic mass is 35.5. The number of carboxylic acids is 1. The Balaban J connectivity index is 1.56. The molecule has 0 unspecified atom stereocenters. The molecular formula is C26H23ClN4O5. The second-order valence-corrected chi connectivity index (χ2v) is 8.55. The minimum atomic E-state index is -1.15. The monoisotopic (exact) mass is 506 g/mol. The number of aromatic nitrogens is 1. The molecule has 0 radical (unpaired) electrons. The van der Waals surface area contributed by atoms with Gasteiger partial charge in [0.25, 0.3) is 5.91 Å². The van der Waals surface area contributed by atoms with Crippen LogP contribution in [0.25, 0.3) is 0 Å². The summed E-state index contributed by atoms with van der Waals surface area (Å²) < 4.78 is 5.23. The number of hydrogen-bond donors (Lipinski definition) is 2. The lowest BCUT2D eigenvalue weighted by Crippen LogP contribution is -2.23. The third kappa shape index (κ3) is 6.05. The van der Waals surface area contributed by atoms with E-state index in [9.17, 15) is 14.4 Å². The van der Waals surface area contributed by atoms with Crippen LogP contribution in [0.1, 0.15) is 32.0 Å². The van der Waals surface area contributed by atoms with Crippen LogP contribution in [0.3, 0.4) is 0 Å². The van der Waals surface area contributed by atoms with Crippen LogP contribution < -0.4 is 10.1 Å². The van der Waals surface area contributed by atoms with Gasteiger partial charge >= 0.3 is 5.97 Å². The van der Waals surface area contributed by atoms with Gasteiger partial charge in [0.1, 0.15) is 11.6 Å². The number of aliphatic carboxylic acids is 1. The van der Waals surface area contributed by atoms with Crippen LogP contribution in [-0.4, -0.2) is 65.2 Å². The number of carbonyl (C=O) groups excluding carboxylic acids is 2. The fraction of sp³-hybridized carbons (Fsp3) is 0.192. The molecule has 0 bridgehead atoms. The highest BCUT2D eigenvalue weighted by Crippen LogP contribution is 2.25. The smallest absolute Gasteiger partial charge is 0.341 e. The minimum Gasteiger partial charge on any atom is -0.482 e. The Morgan fingerprint density at radius 3 is 2.53 bits per heavy atom. The second-order valence-electron chi connectivity index (χ2n) is 8.12. The number of Topliss-reactive ketones (excluding diaryl/α,β-unsaturated/α-hetero) is 1. The van der Waals surface area contributed by atoms with Gasteiger partial charge in [-0.15, -0.1) is 0 Å². The fourth-order valence-corrected chi connectivity index (χ4v) is 3.79. The van der Waals surface area contributed by atoms with Gasteiger partial charge in [-0.3, -0.25) is 19.6 Å². The molecule has 10 heteroatoms. The lowest BCUT2D eigenvalue weighted by molar-refractivity contribution is -0.139. The Kier molecular flexibility index (Phi) is 7.60. The normalized spacial score (nSPS) is 12.7. The van der Waals surface area contributed by atoms with Crippen LogP contribution in [-0.2, 0) is 11.2 Å². The van der Waals surface area contributed by atoms with Crippen molar-refractivity contribution in [1.82, 2.24) is 9.88 Å². The summed E-state index contributed by atoms with van der Waals surface area (Å²) in [6.07, 6.45) is 1.39. The summed E-state index contributed by atoms with van der Waals surface area (Å²) in [6.45, 7) is 1.03. The SMILES string of the molecule is CN1CCN=C1c1ccc(C(=O)Nc2ccc(OCC(=O)O)cc2C(=O)Cc2ccc(Cl)cn2)cc1. The number of ketones is 1. The molecule has 0 saturated heterocycles. The Morgan fingerprint density at radius 1 is 1.11 bits per heavy atom. The number of nitrogens with zero attached hydrogens (tertiary/aromatic N) is 3. The van der Waals surface area contributed by atoms with Crippen molar-refractivity contribution >= 4 is 40.8 Å². The molecule has 184 valence electrons. The number of ether oxygens (including phenoxy) is 1. The fourth-order valence-electron chi connectivity index (χ4n) is 3.68. The van der Waals surface area contributed by atoms with E-state index in [0.29, 0.717) is 16.3 Å². The zero-order valence-electron chi connectivity index (χ0n) is 19.4. The summed E-state index contributed by atoms with van der Waals surface area (Å²) in [7, 11) is 1.97. The van der Waals surface area contributed by atoms with E-state index in [1.165, 1.54) is 24.4 Å². The van der Waals surface area contributed by atoms with Gasteiger partial charge in [-0.05, 0) is 42.5 Å². The van der Waals surface area contributed by atoms with Crippen molar-refractivity contribution in [3.63, 3.8) is 0 Å². The van der Waals surface area contributed by atoms with Crippen molar-refractivity contribution in [2.45, 2.75) is 6.42 Å². The van der Waals surface area contributed by atoms with E-state index >= 15 is 0 Å². The van der Waals surface area contributed by atoms with Crippen LogP contribution in [0.4, 0.5) is 5.69 Å². The number of pyridine rings is 1. The molecule has 2 N–H and O–H groups in total. The summed E-state index contributed by atoms with van der Waals surface area (Å²) in [5.41, 5.74) is 2.25. The molecule has 2 heterocycles. The second kappa shape index (κ2) is 11.0. The summed E-state index contributed by atoms with van der Waals surface area (Å²) in [5, 5.41) is 12.1. The molecule has 1 aliphatic heterocycles. The molecule has 0 spiro atoms. The van der Waals surface area contributed by atoms with Gasteiger partial charge in [-0.25, -0.2) is 4.79 Å². The molecule has 0 aliphatic carbocycles. The number of likely N-dealkylation sites (N-methyl/N-ethyl adjacent to an activating group) is 1. The predicted molar refractivity (Wildman–Crippen MR) is 135 cm³/mol. The summed E-state index contributed by atoms with van der Waals surface area (Å²) in [5.74, 6) is -0.820. The number of carboxylic acid groups (broad SMARTS) is 1. The highest BCUT2D eigenvalue weighted by molar-refractivity contribution is 6.30. The van der Waals surface area contributed by atoms with Gasteiger partial charge in [-0.1, -0.05) is 23.7 Å². The van der Waals surface area contributed by atoms with Crippen LogP contribution >= 0.6 is 11.6 Å². The number of aliphatic imine (C=N–C) groups is 1. The number of carbonyl (C=O) groups is 3. The zero-order valence-corrected chi connectivity index (χ0v) is 20.2. The maximum Gasteiger partial charge on any atom is 0.341 e. The maximum atomic E-state index is 13.1. The molecule has 4 rings (SSSR count). The van der Waals surface area contributed by atoms with Gasteiger partial charge in [0.2, 0.25) is 0 Å². The number of anilines is 1. The van der Waals surface area contributed by atoms with Gasteiger partial charge in [0.15, 0.2) is 12.4 Å². The standard InChI is InChI=1S/C26H23ClN4O5/c1-31-11-10-28-25(31)16-2-4-17(5-3-16)26(35)30-22-9-8-20(36-15-24(33)34)13-21(22)23(32)12-19-7-6-18(27)14-29-19/h2-9,13-14H,10-12,15H2,1H3,(H,30,35)(H,33,34). The number of hydrogen-bond acceptors (Lipinski definition) is 7.